The van der Waals surface area contributed by atoms with Crippen LogP contribution in [0.2, 0.25) is 0 Å². The van der Waals surface area contributed by atoms with Crippen molar-refractivity contribution in [3.05, 3.63) is 36.0 Å². The van der Waals surface area contributed by atoms with E-state index in [0.717, 1.165) is 11.1 Å². The van der Waals surface area contributed by atoms with Crippen molar-refractivity contribution in [2.24, 2.45) is 5.92 Å². The molecule has 6 nitrogen and oxygen atoms in total. The second kappa shape index (κ2) is 7.09. The quantitative estimate of drug-likeness (QED) is 0.855. The SMILES string of the molecule is COC(=O)[C@H](NC(=O)c1ccc2cc(OC)ccc2n1)C(C)C. The Bertz CT molecular complexity index is 728. The van der Waals surface area contributed by atoms with Crippen LogP contribution in [0, 0.1) is 5.92 Å². The van der Waals surface area contributed by atoms with Crippen LogP contribution < -0.4 is 10.1 Å². The number of carbonyl (C=O) groups is 2. The van der Waals surface area contributed by atoms with Gasteiger partial charge in [0.05, 0.1) is 19.7 Å². The van der Waals surface area contributed by atoms with Crippen LogP contribution in [0.1, 0.15) is 24.3 Å². The smallest absolute Gasteiger partial charge is 0.328 e. The number of rotatable bonds is 5. The van der Waals surface area contributed by atoms with Gasteiger partial charge in [-0.05, 0) is 30.2 Å². The van der Waals surface area contributed by atoms with Gasteiger partial charge in [-0.25, -0.2) is 9.78 Å². The zero-order valence-corrected chi connectivity index (χ0v) is 13.6. The number of amides is 1. The van der Waals surface area contributed by atoms with Gasteiger partial charge < -0.3 is 14.8 Å². The van der Waals surface area contributed by atoms with Crippen LogP contribution in [0.25, 0.3) is 10.9 Å². The molecule has 0 unspecified atom stereocenters. The number of hydrogen-bond acceptors (Lipinski definition) is 5. The van der Waals surface area contributed by atoms with Crippen molar-refractivity contribution in [2.45, 2.75) is 19.9 Å². The van der Waals surface area contributed by atoms with Gasteiger partial charge >= 0.3 is 5.97 Å². The first-order valence-corrected chi connectivity index (χ1v) is 7.29. The fourth-order valence-corrected chi connectivity index (χ4v) is 2.20. The van der Waals surface area contributed by atoms with E-state index in [-0.39, 0.29) is 11.6 Å². The second-order valence-corrected chi connectivity index (χ2v) is 5.47. The molecule has 6 heteroatoms. The number of methoxy groups -OCH3 is 2. The lowest BCUT2D eigenvalue weighted by Crippen LogP contribution is -2.45. The molecule has 1 aromatic heterocycles. The molecule has 0 fully saturated rings. The molecule has 0 saturated carbocycles. The molecule has 0 aliphatic heterocycles. The first kappa shape index (κ1) is 16.7. The van der Waals surface area contributed by atoms with Crippen LogP contribution >= 0.6 is 0 Å². The summed E-state index contributed by atoms with van der Waals surface area (Å²) >= 11 is 0. The van der Waals surface area contributed by atoms with Crippen LogP contribution in [0.5, 0.6) is 5.75 Å². The molecule has 0 radical (unpaired) electrons. The Morgan fingerprint density at radius 1 is 1.13 bits per heavy atom. The molecule has 0 bridgehead atoms. The Hall–Kier alpha value is -2.63. The fraction of sp³-hybridized carbons (Fsp3) is 0.353. The summed E-state index contributed by atoms with van der Waals surface area (Å²) < 4.78 is 9.88. The topological polar surface area (TPSA) is 77.5 Å². The summed E-state index contributed by atoms with van der Waals surface area (Å²) in [5.74, 6) is -0.246. The predicted octanol–water partition coefficient (Wildman–Crippen LogP) is 2.17. The highest BCUT2D eigenvalue weighted by molar-refractivity contribution is 5.97. The van der Waals surface area contributed by atoms with Crippen LogP contribution in [-0.4, -0.2) is 37.1 Å². The minimum Gasteiger partial charge on any atom is -0.497 e. The number of benzene rings is 1. The van der Waals surface area contributed by atoms with E-state index in [1.807, 2.05) is 19.9 Å². The molecule has 2 aromatic rings. The number of hydrogen-bond donors (Lipinski definition) is 1. The van der Waals surface area contributed by atoms with E-state index in [0.29, 0.717) is 5.52 Å². The molecule has 23 heavy (non-hydrogen) atoms. The first-order valence-electron chi connectivity index (χ1n) is 7.29. The Balaban J connectivity index is 2.25. The molecule has 1 atom stereocenters. The maximum Gasteiger partial charge on any atom is 0.328 e. The zero-order valence-electron chi connectivity index (χ0n) is 13.6. The van der Waals surface area contributed by atoms with E-state index in [4.69, 9.17) is 9.47 Å². The molecule has 0 spiro atoms. The number of ether oxygens (including phenoxy) is 2. The van der Waals surface area contributed by atoms with Crippen molar-refractivity contribution in [3.63, 3.8) is 0 Å². The summed E-state index contributed by atoms with van der Waals surface area (Å²) in [6.45, 7) is 3.67. The summed E-state index contributed by atoms with van der Waals surface area (Å²) in [4.78, 5) is 28.4. The monoisotopic (exact) mass is 316 g/mol. The Labute approximate surface area is 134 Å². The number of fused-ring (bicyclic) bond motifs is 1. The highest BCUT2D eigenvalue weighted by Gasteiger charge is 2.25. The van der Waals surface area contributed by atoms with Crippen LogP contribution in [0.15, 0.2) is 30.3 Å². The third-order valence-corrected chi connectivity index (χ3v) is 3.54. The molecular formula is C17H20N2O4. The van der Waals surface area contributed by atoms with Gasteiger partial charge in [-0.3, -0.25) is 4.79 Å². The third-order valence-electron chi connectivity index (χ3n) is 3.54. The van der Waals surface area contributed by atoms with E-state index in [2.05, 4.69) is 10.3 Å². The Kier molecular flexibility index (Phi) is 5.16. The lowest BCUT2D eigenvalue weighted by atomic mass is 10.0. The first-order chi connectivity index (χ1) is 11.0. The molecular weight excluding hydrogens is 296 g/mol. The van der Waals surface area contributed by atoms with Crippen LogP contribution in [0.4, 0.5) is 0 Å². The van der Waals surface area contributed by atoms with Crippen molar-refractivity contribution < 1.29 is 19.1 Å². The van der Waals surface area contributed by atoms with Gasteiger partial charge in [-0.1, -0.05) is 19.9 Å². The summed E-state index contributed by atoms with van der Waals surface area (Å²) in [7, 11) is 2.89. The molecule has 2 rings (SSSR count). The summed E-state index contributed by atoms with van der Waals surface area (Å²) in [6, 6.07) is 8.11. The number of aromatic nitrogens is 1. The minimum absolute atomic E-state index is 0.0869. The number of carbonyl (C=O) groups excluding carboxylic acids is 2. The second-order valence-electron chi connectivity index (χ2n) is 5.47. The summed E-state index contributed by atoms with van der Waals surface area (Å²) in [6.07, 6.45) is 0. The predicted molar refractivity (Wildman–Crippen MR) is 86.4 cm³/mol. The Morgan fingerprint density at radius 3 is 2.48 bits per heavy atom. The number of nitrogens with zero attached hydrogens (tertiary/aromatic N) is 1. The van der Waals surface area contributed by atoms with Gasteiger partial charge in [0.15, 0.2) is 0 Å². The number of esters is 1. The molecule has 1 N–H and O–H groups in total. The molecule has 0 saturated heterocycles. The standard InChI is InChI=1S/C17H20N2O4/c1-10(2)15(17(21)23-4)19-16(20)14-7-5-11-9-12(22-3)6-8-13(11)18-14/h5-10,15H,1-4H3,(H,19,20)/t15-/m1/s1. The summed E-state index contributed by atoms with van der Waals surface area (Å²) in [5.41, 5.74) is 0.926. The lowest BCUT2D eigenvalue weighted by molar-refractivity contribution is -0.144. The van der Waals surface area contributed by atoms with Gasteiger partial charge in [-0.15, -0.1) is 0 Å². The average molecular weight is 316 g/mol. The molecule has 0 aliphatic carbocycles. The highest BCUT2D eigenvalue weighted by atomic mass is 16.5. The average Bonchev–Trinajstić information content (AvgIpc) is 2.57. The minimum atomic E-state index is -0.708. The van der Waals surface area contributed by atoms with Crippen LogP contribution in [-0.2, 0) is 9.53 Å². The van der Waals surface area contributed by atoms with E-state index >= 15 is 0 Å². The van der Waals surface area contributed by atoms with Crippen molar-refractivity contribution in [1.82, 2.24) is 10.3 Å². The van der Waals surface area contributed by atoms with Crippen molar-refractivity contribution in [1.29, 1.82) is 0 Å². The summed E-state index contributed by atoms with van der Waals surface area (Å²) in [5, 5.41) is 3.54. The normalized spacial score (nSPS) is 12.0. The molecule has 0 aliphatic rings. The molecule has 1 heterocycles. The van der Waals surface area contributed by atoms with Gasteiger partial charge in [0.2, 0.25) is 0 Å². The van der Waals surface area contributed by atoms with E-state index in [1.54, 1.807) is 31.4 Å². The highest BCUT2D eigenvalue weighted by Crippen LogP contribution is 2.19. The zero-order chi connectivity index (χ0) is 17.0. The molecule has 122 valence electrons. The maximum atomic E-state index is 12.3. The van der Waals surface area contributed by atoms with Gasteiger partial charge in [0.25, 0.3) is 5.91 Å². The van der Waals surface area contributed by atoms with E-state index < -0.39 is 17.9 Å². The lowest BCUT2D eigenvalue weighted by Gasteiger charge is -2.19. The Morgan fingerprint density at radius 2 is 1.87 bits per heavy atom. The number of pyridine rings is 1. The largest absolute Gasteiger partial charge is 0.497 e. The van der Waals surface area contributed by atoms with Gasteiger partial charge in [-0.2, -0.15) is 0 Å². The molecule has 1 amide bonds. The van der Waals surface area contributed by atoms with Crippen molar-refractivity contribution in [2.75, 3.05) is 14.2 Å². The maximum absolute atomic E-state index is 12.3. The van der Waals surface area contributed by atoms with E-state index in [9.17, 15) is 9.59 Å². The van der Waals surface area contributed by atoms with Crippen molar-refractivity contribution >= 4 is 22.8 Å². The van der Waals surface area contributed by atoms with Gasteiger partial charge in [0.1, 0.15) is 17.5 Å². The molecule has 1 aromatic carbocycles. The fourth-order valence-electron chi connectivity index (χ4n) is 2.20. The third kappa shape index (κ3) is 3.77. The van der Waals surface area contributed by atoms with Crippen LogP contribution in [0.3, 0.4) is 0 Å². The number of nitrogens with one attached hydrogen (secondary N) is 1. The van der Waals surface area contributed by atoms with Crippen molar-refractivity contribution in [3.8, 4) is 5.75 Å². The van der Waals surface area contributed by atoms with Gasteiger partial charge in [0, 0.05) is 5.39 Å². The van der Waals surface area contributed by atoms with E-state index in [1.165, 1.54) is 7.11 Å².